The third-order valence-electron chi connectivity index (χ3n) is 4.70. The summed E-state index contributed by atoms with van der Waals surface area (Å²) in [6, 6.07) is 6.87. The van der Waals surface area contributed by atoms with Gasteiger partial charge in [-0.3, -0.25) is 9.59 Å². The number of amides is 1. The molecule has 24 heavy (non-hydrogen) atoms. The second kappa shape index (κ2) is 5.44. The molecule has 1 aromatic heterocycles. The Labute approximate surface area is 139 Å². The average Bonchev–Trinajstić information content (AvgIpc) is 3.32. The van der Waals surface area contributed by atoms with Crippen molar-refractivity contribution in [2.75, 3.05) is 11.5 Å². The van der Waals surface area contributed by atoms with Crippen LogP contribution in [0.1, 0.15) is 35.7 Å². The molecule has 7 heteroatoms. The van der Waals surface area contributed by atoms with E-state index in [4.69, 9.17) is 0 Å². The number of carbonyl (C=O) groups is 1. The van der Waals surface area contributed by atoms with E-state index in [9.17, 15) is 18.0 Å². The van der Waals surface area contributed by atoms with E-state index >= 15 is 0 Å². The highest BCUT2D eigenvalue weighted by molar-refractivity contribution is 7.91. The number of fused-ring (bicyclic) bond motifs is 1. The van der Waals surface area contributed by atoms with Gasteiger partial charge in [-0.1, -0.05) is 18.2 Å². The number of benzene rings is 1. The van der Waals surface area contributed by atoms with Crippen molar-refractivity contribution < 1.29 is 13.2 Å². The van der Waals surface area contributed by atoms with E-state index in [1.807, 2.05) is 0 Å². The van der Waals surface area contributed by atoms with Crippen LogP contribution < -0.4 is 10.9 Å². The van der Waals surface area contributed by atoms with Crippen molar-refractivity contribution >= 4 is 26.5 Å². The summed E-state index contributed by atoms with van der Waals surface area (Å²) in [7, 11) is -3.05. The zero-order valence-corrected chi connectivity index (χ0v) is 13.9. The molecule has 1 N–H and O–H groups in total. The van der Waals surface area contributed by atoms with Crippen LogP contribution in [0.15, 0.2) is 35.3 Å². The minimum absolute atomic E-state index is 0.0149. The molecule has 1 unspecified atom stereocenters. The maximum absolute atomic E-state index is 12.7. The summed E-state index contributed by atoms with van der Waals surface area (Å²) in [4.78, 5) is 25.3. The number of carbonyl (C=O) groups excluding carboxylic acids is 1. The summed E-state index contributed by atoms with van der Waals surface area (Å²) in [6.45, 7) is 0. The van der Waals surface area contributed by atoms with Gasteiger partial charge in [0, 0.05) is 29.1 Å². The van der Waals surface area contributed by atoms with Crippen LogP contribution >= 0.6 is 0 Å². The van der Waals surface area contributed by atoms with Crippen LogP contribution in [-0.2, 0) is 9.84 Å². The molecule has 6 nitrogen and oxygen atoms in total. The van der Waals surface area contributed by atoms with Gasteiger partial charge in [-0.2, -0.15) is 0 Å². The molecular formula is C17H18N2O4S. The molecule has 0 bridgehead atoms. The first-order valence-corrected chi connectivity index (χ1v) is 9.92. The predicted octanol–water partition coefficient (Wildman–Crippen LogP) is 1.25. The normalized spacial score (nSPS) is 22.6. The number of pyridine rings is 1. The molecule has 2 aromatic rings. The third kappa shape index (κ3) is 2.73. The largest absolute Gasteiger partial charge is 0.348 e. The maximum Gasteiger partial charge on any atom is 0.258 e. The van der Waals surface area contributed by atoms with Gasteiger partial charge >= 0.3 is 0 Å². The van der Waals surface area contributed by atoms with Gasteiger partial charge in [0.05, 0.1) is 17.1 Å². The zero-order valence-electron chi connectivity index (χ0n) is 13.1. The Bertz CT molecular complexity index is 989. The summed E-state index contributed by atoms with van der Waals surface area (Å²) in [5.41, 5.74) is 0.356. The SMILES string of the molecule is O=C(NC1CCS(=O)(=O)C1)c1cn(C2CC2)c(=O)c2ccccc12. The Hall–Kier alpha value is -2.15. The molecule has 1 aliphatic heterocycles. The summed E-state index contributed by atoms with van der Waals surface area (Å²) in [6.07, 6.45) is 3.95. The second-order valence-corrected chi connectivity index (χ2v) is 8.83. The number of hydrogen-bond donors (Lipinski definition) is 1. The quantitative estimate of drug-likeness (QED) is 0.906. The Balaban J connectivity index is 1.74. The first-order valence-electron chi connectivity index (χ1n) is 8.10. The lowest BCUT2D eigenvalue weighted by Gasteiger charge is -2.14. The minimum atomic E-state index is -3.05. The summed E-state index contributed by atoms with van der Waals surface area (Å²) >= 11 is 0. The fourth-order valence-electron chi connectivity index (χ4n) is 3.29. The van der Waals surface area contributed by atoms with E-state index < -0.39 is 9.84 Å². The Morgan fingerprint density at radius 3 is 2.46 bits per heavy atom. The van der Waals surface area contributed by atoms with E-state index in [-0.39, 0.29) is 35.1 Å². The van der Waals surface area contributed by atoms with Gasteiger partial charge in [0.25, 0.3) is 11.5 Å². The van der Waals surface area contributed by atoms with E-state index in [1.165, 1.54) is 0 Å². The van der Waals surface area contributed by atoms with Crippen molar-refractivity contribution in [1.82, 2.24) is 9.88 Å². The van der Waals surface area contributed by atoms with Crippen LogP contribution in [0.3, 0.4) is 0 Å². The first kappa shape index (κ1) is 15.4. The summed E-state index contributed by atoms with van der Waals surface area (Å²) in [5.74, 6) is -0.221. The zero-order chi connectivity index (χ0) is 16.9. The predicted molar refractivity (Wildman–Crippen MR) is 91.0 cm³/mol. The second-order valence-electron chi connectivity index (χ2n) is 6.61. The number of nitrogens with one attached hydrogen (secondary N) is 1. The topological polar surface area (TPSA) is 85.2 Å². The average molecular weight is 346 g/mol. The van der Waals surface area contributed by atoms with Gasteiger partial charge in [-0.05, 0) is 25.3 Å². The standard InChI is InChI=1S/C17H18N2O4S/c20-16(18-11-7-8-24(22,23)10-11)15-9-19(12-5-6-12)17(21)14-4-2-1-3-13(14)15/h1-4,9,11-12H,5-8,10H2,(H,18,20). The van der Waals surface area contributed by atoms with Crippen molar-refractivity contribution in [3.8, 4) is 0 Å². The number of rotatable bonds is 3. The number of aromatic nitrogens is 1. The Morgan fingerprint density at radius 1 is 1.12 bits per heavy atom. The highest BCUT2D eigenvalue weighted by Crippen LogP contribution is 2.34. The van der Waals surface area contributed by atoms with Crippen LogP contribution in [-0.4, -0.2) is 36.4 Å². The van der Waals surface area contributed by atoms with Crippen LogP contribution in [0, 0.1) is 0 Å². The molecule has 4 rings (SSSR count). The van der Waals surface area contributed by atoms with Crippen molar-refractivity contribution in [1.29, 1.82) is 0 Å². The lowest BCUT2D eigenvalue weighted by atomic mass is 10.1. The molecule has 2 heterocycles. The number of sulfone groups is 1. The Morgan fingerprint density at radius 2 is 1.83 bits per heavy atom. The van der Waals surface area contributed by atoms with Gasteiger partial charge in [0.2, 0.25) is 0 Å². The molecule has 1 amide bonds. The molecule has 1 aliphatic carbocycles. The molecule has 1 aromatic carbocycles. The number of nitrogens with zero attached hydrogens (tertiary/aromatic N) is 1. The first-order chi connectivity index (χ1) is 11.4. The van der Waals surface area contributed by atoms with E-state index in [1.54, 1.807) is 35.0 Å². The molecule has 1 saturated heterocycles. The highest BCUT2D eigenvalue weighted by Gasteiger charge is 2.31. The van der Waals surface area contributed by atoms with Crippen molar-refractivity contribution in [3.05, 3.63) is 46.4 Å². The van der Waals surface area contributed by atoms with Crippen molar-refractivity contribution in [2.24, 2.45) is 0 Å². The van der Waals surface area contributed by atoms with Crippen molar-refractivity contribution in [2.45, 2.75) is 31.3 Å². The molecule has 1 saturated carbocycles. The van der Waals surface area contributed by atoms with Crippen LogP contribution in [0.25, 0.3) is 10.8 Å². The van der Waals surface area contributed by atoms with Gasteiger partial charge in [-0.15, -0.1) is 0 Å². The van der Waals surface area contributed by atoms with E-state index in [0.29, 0.717) is 22.8 Å². The molecular weight excluding hydrogens is 328 g/mol. The Kier molecular flexibility index (Phi) is 3.49. The van der Waals surface area contributed by atoms with Crippen LogP contribution in [0.4, 0.5) is 0 Å². The smallest absolute Gasteiger partial charge is 0.258 e. The molecule has 2 aliphatic rings. The van der Waals surface area contributed by atoms with E-state index in [2.05, 4.69) is 5.32 Å². The number of hydrogen-bond acceptors (Lipinski definition) is 4. The van der Waals surface area contributed by atoms with E-state index in [0.717, 1.165) is 12.8 Å². The molecule has 0 radical (unpaired) electrons. The van der Waals surface area contributed by atoms with Crippen LogP contribution in [0.2, 0.25) is 0 Å². The van der Waals surface area contributed by atoms with Crippen molar-refractivity contribution in [3.63, 3.8) is 0 Å². The van der Waals surface area contributed by atoms with Gasteiger partial charge in [0.1, 0.15) is 0 Å². The maximum atomic E-state index is 12.7. The van der Waals surface area contributed by atoms with Gasteiger partial charge in [-0.25, -0.2) is 8.42 Å². The minimum Gasteiger partial charge on any atom is -0.348 e. The summed E-state index contributed by atoms with van der Waals surface area (Å²) < 4.78 is 24.8. The molecule has 0 spiro atoms. The third-order valence-corrected chi connectivity index (χ3v) is 6.47. The van der Waals surface area contributed by atoms with Gasteiger partial charge in [0.15, 0.2) is 9.84 Å². The molecule has 2 fully saturated rings. The fourth-order valence-corrected chi connectivity index (χ4v) is 4.96. The lowest BCUT2D eigenvalue weighted by molar-refractivity contribution is 0.0942. The molecule has 1 atom stereocenters. The monoisotopic (exact) mass is 346 g/mol. The van der Waals surface area contributed by atoms with Gasteiger partial charge < -0.3 is 9.88 Å². The fraction of sp³-hybridized carbons (Fsp3) is 0.412. The summed E-state index contributed by atoms with van der Waals surface area (Å²) in [5, 5.41) is 3.95. The van der Waals surface area contributed by atoms with Crippen LogP contribution in [0.5, 0.6) is 0 Å². The molecule has 126 valence electrons. The highest BCUT2D eigenvalue weighted by atomic mass is 32.2. The lowest BCUT2D eigenvalue weighted by Crippen LogP contribution is -2.36.